The van der Waals surface area contributed by atoms with Crippen LogP contribution in [0.2, 0.25) is 10.3 Å². The first kappa shape index (κ1) is 10.9. The number of fused-ring (bicyclic) bond motifs is 1. The van der Waals surface area contributed by atoms with Crippen molar-refractivity contribution >= 4 is 40.4 Å². The zero-order chi connectivity index (χ0) is 11.7. The normalized spacial score (nSPS) is 10.4. The van der Waals surface area contributed by atoms with Crippen molar-refractivity contribution in [2.45, 2.75) is 0 Å². The van der Waals surface area contributed by atoms with Gasteiger partial charge >= 0.3 is 6.16 Å². The summed E-state index contributed by atoms with van der Waals surface area (Å²) in [5, 5.41) is 8.59. The van der Waals surface area contributed by atoms with Gasteiger partial charge in [-0.15, -0.1) is 0 Å². The Bertz CT molecular complexity index is 574. The van der Waals surface area contributed by atoms with Crippen molar-refractivity contribution in [1.29, 1.82) is 0 Å². The number of halogens is 2. The molecule has 1 aromatic carbocycles. The highest BCUT2D eigenvalue weighted by molar-refractivity contribution is 6.40. The quantitative estimate of drug-likeness (QED) is 0.629. The molecule has 5 nitrogen and oxygen atoms in total. The number of aromatic nitrogens is 2. The lowest BCUT2D eigenvalue weighted by Crippen LogP contribution is -2.02. The molecule has 0 bridgehead atoms. The Morgan fingerprint density at radius 3 is 2.44 bits per heavy atom. The first-order chi connectivity index (χ1) is 7.56. The maximum atomic E-state index is 10.3. The summed E-state index contributed by atoms with van der Waals surface area (Å²) in [7, 11) is 0. The van der Waals surface area contributed by atoms with Crippen LogP contribution in [0.15, 0.2) is 18.2 Å². The smallest absolute Gasteiger partial charge is 0.449 e. The molecule has 82 valence electrons. The molecule has 0 unspecified atom stereocenters. The van der Waals surface area contributed by atoms with Crippen molar-refractivity contribution in [3.8, 4) is 5.75 Å². The minimum Gasteiger partial charge on any atom is -0.449 e. The van der Waals surface area contributed by atoms with Gasteiger partial charge in [0.15, 0.2) is 10.3 Å². The van der Waals surface area contributed by atoms with Crippen LogP contribution < -0.4 is 4.74 Å². The lowest BCUT2D eigenvalue weighted by molar-refractivity contribution is 0.144. The van der Waals surface area contributed by atoms with E-state index in [1.807, 2.05) is 0 Å². The molecule has 16 heavy (non-hydrogen) atoms. The minimum atomic E-state index is -1.40. The second-order valence-corrected chi connectivity index (χ2v) is 3.54. The van der Waals surface area contributed by atoms with E-state index in [2.05, 4.69) is 14.7 Å². The molecule has 2 rings (SSSR count). The topological polar surface area (TPSA) is 72.3 Å². The number of benzene rings is 1. The lowest BCUT2D eigenvalue weighted by Gasteiger charge is -2.02. The molecule has 1 N–H and O–H groups in total. The Morgan fingerprint density at radius 1 is 1.19 bits per heavy atom. The Kier molecular flexibility index (Phi) is 2.80. The van der Waals surface area contributed by atoms with E-state index in [4.69, 9.17) is 28.3 Å². The molecular formula is C9H4Cl2N2O3. The number of nitrogens with zero attached hydrogens (tertiary/aromatic N) is 2. The highest BCUT2D eigenvalue weighted by Gasteiger charge is 2.07. The van der Waals surface area contributed by atoms with Gasteiger partial charge < -0.3 is 9.84 Å². The average Bonchev–Trinajstić information content (AvgIpc) is 2.19. The van der Waals surface area contributed by atoms with Gasteiger partial charge in [0.2, 0.25) is 0 Å². The zero-order valence-corrected chi connectivity index (χ0v) is 9.16. The summed E-state index contributed by atoms with van der Waals surface area (Å²) < 4.78 is 4.47. The van der Waals surface area contributed by atoms with Gasteiger partial charge in [0.05, 0.1) is 11.0 Å². The van der Waals surface area contributed by atoms with E-state index in [1.54, 1.807) is 6.07 Å². The van der Waals surface area contributed by atoms with Crippen molar-refractivity contribution in [3.05, 3.63) is 28.5 Å². The summed E-state index contributed by atoms with van der Waals surface area (Å²) in [6.07, 6.45) is -1.40. The third-order valence-corrected chi connectivity index (χ3v) is 2.38. The molecule has 0 saturated heterocycles. The average molecular weight is 259 g/mol. The van der Waals surface area contributed by atoms with Crippen LogP contribution >= 0.6 is 23.2 Å². The molecular weight excluding hydrogens is 255 g/mol. The number of carbonyl (C=O) groups is 1. The molecule has 0 aliphatic heterocycles. The zero-order valence-electron chi connectivity index (χ0n) is 7.65. The molecule has 1 heterocycles. The van der Waals surface area contributed by atoms with Gasteiger partial charge in [-0.05, 0) is 12.1 Å². The fraction of sp³-hybridized carbons (Fsp3) is 0. The second kappa shape index (κ2) is 4.11. The molecule has 0 aliphatic rings. The van der Waals surface area contributed by atoms with Crippen LogP contribution in [0.1, 0.15) is 0 Å². The third-order valence-electron chi connectivity index (χ3n) is 1.76. The van der Waals surface area contributed by atoms with Crippen molar-refractivity contribution < 1.29 is 14.6 Å². The number of carboxylic acid groups (broad SMARTS) is 1. The summed E-state index contributed by atoms with van der Waals surface area (Å²) in [6, 6.07) is 4.41. The van der Waals surface area contributed by atoms with Gasteiger partial charge in [-0.25, -0.2) is 14.8 Å². The SMILES string of the molecule is O=C(O)Oc1ccc2nc(Cl)c(Cl)nc2c1. The van der Waals surface area contributed by atoms with E-state index in [-0.39, 0.29) is 16.1 Å². The molecule has 0 spiro atoms. The van der Waals surface area contributed by atoms with Gasteiger partial charge in [0.1, 0.15) is 5.75 Å². The minimum absolute atomic E-state index is 0.0571. The van der Waals surface area contributed by atoms with E-state index >= 15 is 0 Å². The maximum Gasteiger partial charge on any atom is 0.511 e. The predicted octanol–water partition coefficient (Wildman–Crippen LogP) is 2.99. The van der Waals surface area contributed by atoms with Crippen molar-refractivity contribution in [2.24, 2.45) is 0 Å². The molecule has 2 aromatic rings. The summed E-state index contributed by atoms with van der Waals surface area (Å²) in [6.45, 7) is 0. The first-order valence-corrected chi connectivity index (χ1v) is 4.85. The van der Waals surface area contributed by atoms with Crippen LogP contribution in [0.25, 0.3) is 11.0 Å². The van der Waals surface area contributed by atoms with E-state index in [0.717, 1.165) is 0 Å². The number of rotatable bonds is 1. The maximum absolute atomic E-state index is 10.3. The van der Waals surface area contributed by atoms with E-state index < -0.39 is 6.16 Å². The molecule has 0 fully saturated rings. The Labute approximate surface area is 99.6 Å². The van der Waals surface area contributed by atoms with Gasteiger partial charge in [0, 0.05) is 6.07 Å². The lowest BCUT2D eigenvalue weighted by atomic mass is 10.3. The first-order valence-electron chi connectivity index (χ1n) is 4.10. The summed E-state index contributed by atoms with van der Waals surface area (Å²) in [5.74, 6) is 0.146. The summed E-state index contributed by atoms with van der Waals surface area (Å²) in [5.41, 5.74) is 0.917. The summed E-state index contributed by atoms with van der Waals surface area (Å²) in [4.78, 5) is 18.2. The number of hydrogen-bond acceptors (Lipinski definition) is 4. The third kappa shape index (κ3) is 2.15. The molecule has 0 aliphatic carbocycles. The van der Waals surface area contributed by atoms with Crippen molar-refractivity contribution in [3.63, 3.8) is 0 Å². The van der Waals surface area contributed by atoms with Crippen LogP contribution in [0.3, 0.4) is 0 Å². The highest BCUT2D eigenvalue weighted by Crippen LogP contribution is 2.23. The molecule has 1 aromatic heterocycles. The van der Waals surface area contributed by atoms with Gasteiger partial charge in [-0.2, -0.15) is 0 Å². The Morgan fingerprint density at radius 2 is 1.81 bits per heavy atom. The van der Waals surface area contributed by atoms with Gasteiger partial charge in [-0.3, -0.25) is 0 Å². The van der Waals surface area contributed by atoms with Crippen LogP contribution in [0.5, 0.6) is 5.75 Å². The van der Waals surface area contributed by atoms with Gasteiger partial charge in [0.25, 0.3) is 0 Å². The second-order valence-electron chi connectivity index (χ2n) is 2.82. The fourth-order valence-electron chi connectivity index (χ4n) is 1.16. The van der Waals surface area contributed by atoms with Gasteiger partial charge in [-0.1, -0.05) is 23.2 Å². The Balaban J connectivity index is 2.53. The van der Waals surface area contributed by atoms with Crippen LogP contribution in [-0.2, 0) is 0 Å². The van der Waals surface area contributed by atoms with Crippen molar-refractivity contribution in [1.82, 2.24) is 9.97 Å². The van der Waals surface area contributed by atoms with E-state index in [0.29, 0.717) is 11.0 Å². The largest absolute Gasteiger partial charge is 0.511 e. The van der Waals surface area contributed by atoms with E-state index in [9.17, 15) is 4.79 Å². The van der Waals surface area contributed by atoms with Crippen LogP contribution in [0, 0.1) is 0 Å². The fourth-order valence-corrected chi connectivity index (χ4v) is 1.42. The molecule has 0 atom stereocenters. The standard InChI is InChI=1S/C9H4Cl2N2O3/c10-7-8(11)13-6-3-4(16-9(14)15)1-2-5(6)12-7/h1-3H,(H,14,15). The molecule has 0 amide bonds. The Hall–Kier alpha value is -1.59. The number of ether oxygens (including phenoxy) is 1. The van der Waals surface area contributed by atoms with E-state index in [1.165, 1.54) is 12.1 Å². The molecule has 0 saturated carbocycles. The van der Waals surface area contributed by atoms with Crippen LogP contribution in [0.4, 0.5) is 4.79 Å². The molecule has 7 heteroatoms. The predicted molar refractivity (Wildman–Crippen MR) is 58.2 cm³/mol. The molecule has 0 radical (unpaired) electrons. The van der Waals surface area contributed by atoms with Crippen molar-refractivity contribution in [2.75, 3.05) is 0 Å². The monoisotopic (exact) mass is 258 g/mol. The summed E-state index contributed by atoms with van der Waals surface area (Å²) >= 11 is 11.4. The highest BCUT2D eigenvalue weighted by atomic mass is 35.5. The van der Waals surface area contributed by atoms with Crippen LogP contribution in [-0.4, -0.2) is 21.2 Å². The number of hydrogen-bond donors (Lipinski definition) is 1.